The molecule has 3 aromatic carbocycles. The van der Waals surface area contributed by atoms with Gasteiger partial charge in [0.15, 0.2) is 0 Å². The molecule has 3 aromatic rings. The van der Waals surface area contributed by atoms with E-state index in [2.05, 4.69) is 52.0 Å². The summed E-state index contributed by atoms with van der Waals surface area (Å²) in [6, 6.07) is 16.6. The molecule has 0 saturated heterocycles. The lowest BCUT2D eigenvalue weighted by atomic mass is 9.73. The highest BCUT2D eigenvalue weighted by molar-refractivity contribution is 5.51. The third-order valence-corrected chi connectivity index (χ3v) is 7.23. The Hall–Kier alpha value is -2.82. The zero-order valence-electron chi connectivity index (χ0n) is 21.7. The minimum absolute atomic E-state index is 0.156. The number of benzene rings is 3. The second-order valence-corrected chi connectivity index (χ2v) is 10.5. The van der Waals surface area contributed by atoms with Crippen molar-refractivity contribution in [3.05, 3.63) is 93.0 Å². The Labute approximate surface area is 203 Å². The number of phenols is 2. The van der Waals surface area contributed by atoms with Crippen LogP contribution in [0.4, 0.5) is 0 Å². The number of aromatic hydroxyl groups is 2. The molecule has 4 heteroatoms. The fraction of sp³-hybridized carbons (Fsp3) is 0.400. The lowest BCUT2D eigenvalue weighted by Crippen LogP contribution is -2.22. The minimum atomic E-state index is -0.741. The van der Waals surface area contributed by atoms with Gasteiger partial charge in [-0.25, -0.2) is 0 Å². The summed E-state index contributed by atoms with van der Waals surface area (Å²) in [4.78, 5) is 0. The maximum Gasteiger partial charge on any atom is 0.124 e. The smallest absolute Gasteiger partial charge is 0.124 e. The number of aliphatic hydroxyl groups excluding tert-OH is 1. The first kappa shape index (κ1) is 25.8. The minimum Gasteiger partial charge on any atom is -0.507 e. The van der Waals surface area contributed by atoms with Crippen LogP contribution in [0.3, 0.4) is 0 Å². The fourth-order valence-electron chi connectivity index (χ4n) is 4.60. The Morgan fingerprint density at radius 3 is 1.62 bits per heavy atom. The van der Waals surface area contributed by atoms with Gasteiger partial charge < -0.3 is 20.1 Å². The molecule has 0 fully saturated rings. The number of aliphatic hydroxyl groups is 1. The SMILES string of the molecule is COCc1cc(C(C)(C)c2ccc(C(C)(C)c3cc(C)c(O)c(C(C)O)c3)cc2)cc(C)c1O. The van der Waals surface area contributed by atoms with Crippen molar-refractivity contribution in [2.45, 2.75) is 72.0 Å². The van der Waals surface area contributed by atoms with Crippen molar-refractivity contribution < 1.29 is 20.1 Å². The number of aryl methyl sites for hydroxylation is 2. The molecule has 4 nitrogen and oxygen atoms in total. The number of methoxy groups -OCH3 is 1. The molecular weight excluding hydrogens is 424 g/mol. The Balaban J connectivity index is 2.00. The van der Waals surface area contributed by atoms with Crippen LogP contribution >= 0.6 is 0 Å². The highest BCUT2D eigenvalue weighted by atomic mass is 16.5. The number of phenolic OH excluding ortho intramolecular Hbond substituents is 2. The van der Waals surface area contributed by atoms with Crippen molar-refractivity contribution in [1.82, 2.24) is 0 Å². The first-order valence-electron chi connectivity index (χ1n) is 11.8. The molecule has 0 amide bonds. The zero-order valence-corrected chi connectivity index (χ0v) is 21.7. The van der Waals surface area contributed by atoms with E-state index >= 15 is 0 Å². The summed E-state index contributed by atoms with van der Waals surface area (Å²) >= 11 is 0. The van der Waals surface area contributed by atoms with Crippen LogP contribution < -0.4 is 0 Å². The van der Waals surface area contributed by atoms with Crippen molar-refractivity contribution in [1.29, 1.82) is 0 Å². The average molecular weight is 463 g/mol. The summed E-state index contributed by atoms with van der Waals surface area (Å²) in [6.45, 7) is 14.5. The van der Waals surface area contributed by atoms with Gasteiger partial charge in [0.2, 0.25) is 0 Å². The van der Waals surface area contributed by atoms with Gasteiger partial charge >= 0.3 is 0 Å². The quantitative estimate of drug-likeness (QED) is 0.372. The zero-order chi connectivity index (χ0) is 25.4. The predicted molar refractivity (Wildman–Crippen MR) is 138 cm³/mol. The Bertz CT molecular complexity index is 1170. The second-order valence-electron chi connectivity index (χ2n) is 10.5. The molecule has 3 rings (SSSR count). The number of ether oxygens (including phenoxy) is 1. The van der Waals surface area contributed by atoms with Crippen molar-refractivity contribution in [3.63, 3.8) is 0 Å². The van der Waals surface area contributed by atoms with Gasteiger partial charge in [-0.05, 0) is 66.3 Å². The van der Waals surface area contributed by atoms with Crippen molar-refractivity contribution in [3.8, 4) is 11.5 Å². The lowest BCUT2D eigenvalue weighted by molar-refractivity contribution is 0.181. The van der Waals surface area contributed by atoms with Gasteiger partial charge in [-0.3, -0.25) is 0 Å². The van der Waals surface area contributed by atoms with E-state index in [1.807, 2.05) is 38.1 Å². The molecule has 0 spiro atoms. The maximum atomic E-state index is 10.4. The third kappa shape index (κ3) is 4.70. The average Bonchev–Trinajstić information content (AvgIpc) is 2.78. The highest BCUT2D eigenvalue weighted by Gasteiger charge is 2.28. The van der Waals surface area contributed by atoms with Crippen LogP contribution in [0.25, 0.3) is 0 Å². The third-order valence-electron chi connectivity index (χ3n) is 7.23. The van der Waals surface area contributed by atoms with E-state index in [1.54, 1.807) is 14.0 Å². The van der Waals surface area contributed by atoms with E-state index in [9.17, 15) is 15.3 Å². The van der Waals surface area contributed by atoms with Gasteiger partial charge in [0.05, 0.1) is 12.7 Å². The van der Waals surface area contributed by atoms with Gasteiger partial charge in [0.1, 0.15) is 11.5 Å². The van der Waals surface area contributed by atoms with Crippen LogP contribution in [-0.2, 0) is 22.2 Å². The van der Waals surface area contributed by atoms with E-state index in [0.717, 1.165) is 33.4 Å². The lowest BCUT2D eigenvalue weighted by Gasteiger charge is -2.31. The van der Waals surface area contributed by atoms with Gasteiger partial charge in [0, 0.05) is 29.1 Å². The number of hydrogen-bond acceptors (Lipinski definition) is 4. The van der Waals surface area contributed by atoms with Crippen LogP contribution in [0.15, 0.2) is 48.5 Å². The topological polar surface area (TPSA) is 69.9 Å². The Morgan fingerprint density at radius 1 is 0.735 bits per heavy atom. The van der Waals surface area contributed by atoms with Crippen LogP contribution in [-0.4, -0.2) is 22.4 Å². The van der Waals surface area contributed by atoms with Gasteiger partial charge in [0.25, 0.3) is 0 Å². The molecule has 0 aliphatic heterocycles. The van der Waals surface area contributed by atoms with Crippen LogP contribution in [0, 0.1) is 13.8 Å². The summed E-state index contributed by atoms with van der Waals surface area (Å²) < 4.78 is 5.28. The van der Waals surface area contributed by atoms with E-state index < -0.39 is 6.10 Å². The second kappa shape index (κ2) is 9.44. The Kier molecular flexibility index (Phi) is 7.16. The Morgan fingerprint density at radius 2 is 1.18 bits per heavy atom. The molecule has 1 unspecified atom stereocenters. The molecular formula is C30H38O4. The summed E-state index contributed by atoms with van der Waals surface area (Å²) in [5.41, 5.74) is 6.85. The van der Waals surface area contributed by atoms with Crippen molar-refractivity contribution >= 4 is 0 Å². The van der Waals surface area contributed by atoms with Gasteiger partial charge in [-0.1, -0.05) is 64.1 Å². The van der Waals surface area contributed by atoms with Crippen LogP contribution in [0.2, 0.25) is 0 Å². The largest absolute Gasteiger partial charge is 0.507 e. The van der Waals surface area contributed by atoms with Crippen LogP contribution in [0.1, 0.15) is 85.2 Å². The summed E-state index contributed by atoms with van der Waals surface area (Å²) in [7, 11) is 1.63. The number of hydrogen-bond donors (Lipinski definition) is 3. The standard InChI is InChI=1S/C30H38O4/c1-18-13-24(15-21(17-34-8)27(18)32)29(4,5)22-9-11-23(12-10-22)30(6,7)25-14-19(2)28(33)26(16-25)20(3)31/h9-16,20,31-33H,17H2,1-8H3. The summed E-state index contributed by atoms with van der Waals surface area (Å²) in [5.74, 6) is 0.447. The maximum absolute atomic E-state index is 10.4. The first-order valence-corrected chi connectivity index (χ1v) is 11.8. The van der Waals surface area contributed by atoms with E-state index in [0.29, 0.717) is 17.9 Å². The van der Waals surface area contributed by atoms with Crippen molar-refractivity contribution in [2.75, 3.05) is 7.11 Å². The van der Waals surface area contributed by atoms with E-state index in [-0.39, 0.29) is 16.6 Å². The van der Waals surface area contributed by atoms with Gasteiger partial charge in [-0.2, -0.15) is 0 Å². The van der Waals surface area contributed by atoms with Gasteiger partial charge in [-0.15, -0.1) is 0 Å². The van der Waals surface area contributed by atoms with E-state index in [1.165, 1.54) is 5.56 Å². The molecule has 1 atom stereocenters. The van der Waals surface area contributed by atoms with E-state index in [4.69, 9.17) is 4.74 Å². The highest BCUT2D eigenvalue weighted by Crippen LogP contribution is 2.40. The molecule has 0 aromatic heterocycles. The van der Waals surface area contributed by atoms with Crippen LogP contribution in [0.5, 0.6) is 11.5 Å². The molecule has 3 N–H and O–H groups in total. The first-order chi connectivity index (χ1) is 15.8. The molecule has 0 saturated carbocycles. The molecule has 182 valence electrons. The summed E-state index contributed by atoms with van der Waals surface area (Å²) in [5, 5.41) is 30.9. The molecule has 0 bridgehead atoms. The molecule has 0 aliphatic rings. The molecule has 0 heterocycles. The number of rotatable bonds is 7. The molecule has 34 heavy (non-hydrogen) atoms. The normalized spacial score (nSPS) is 13.2. The fourth-order valence-corrected chi connectivity index (χ4v) is 4.60. The molecule has 0 radical (unpaired) electrons. The summed E-state index contributed by atoms with van der Waals surface area (Å²) in [6.07, 6.45) is -0.741. The van der Waals surface area contributed by atoms with Crippen molar-refractivity contribution in [2.24, 2.45) is 0 Å². The monoisotopic (exact) mass is 462 g/mol. The molecule has 0 aliphatic carbocycles. The predicted octanol–water partition coefficient (Wildman–Crippen LogP) is 6.57.